The average molecular weight is 280 g/mol. The third kappa shape index (κ3) is 4.27. The van der Waals surface area contributed by atoms with Gasteiger partial charge >= 0.3 is 6.03 Å². The number of furan rings is 1. The molecule has 1 saturated carbocycles. The van der Waals surface area contributed by atoms with Crippen molar-refractivity contribution in [2.45, 2.75) is 51.2 Å². The maximum atomic E-state index is 11.8. The van der Waals surface area contributed by atoms with E-state index in [2.05, 4.69) is 17.6 Å². The van der Waals surface area contributed by atoms with E-state index in [0.717, 1.165) is 0 Å². The number of nitrogens with one attached hydrogen (secondary N) is 2. The molecule has 1 heterocycles. The smallest absolute Gasteiger partial charge is 0.315 e. The fourth-order valence-corrected chi connectivity index (χ4v) is 2.78. The topological polar surface area (TPSA) is 74.5 Å². The first kappa shape index (κ1) is 14.9. The Hall–Kier alpha value is -1.49. The molecular formula is C15H24N2O3. The van der Waals surface area contributed by atoms with Gasteiger partial charge in [-0.05, 0) is 37.8 Å². The maximum Gasteiger partial charge on any atom is 0.315 e. The molecule has 0 aliphatic heterocycles. The predicted molar refractivity (Wildman–Crippen MR) is 76.2 cm³/mol. The number of aliphatic hydroxyl groups is 1. The number of rotatable bonds is 5. The molecule has 5 heteroatoms. The molecule has 2 unspecified atom stereocenters. The Balaban J connectivity index is 1.69. The third-order valence-electron chi connectivity index (χ3n) is 4.04. The van der Waals surface area contributed by atoms with Gasteiger partial charge in [-0.2, -0.15) is 0 Å². The number of amides is 2. The van der Waals surface area contributed by atoms with Crippen LogP contribution in [0.2, 0.25) is 0 Å². The van der Waals surface area contributed by atoms with Crippen LogP contribution in [0.25, 0.3) is 0 Å². The van der Waals surface area contributed by atoms with Gasteiger partial charge in [0, 0.05) is 6.04 Å². The summed E-state index contributed by atoms with van der Waals surface area (Å²) in [7, 11) is 0. The molecule has 0 bridgehead atoms. The van der Waals surface area contributed by atoms with Crippen molar-refractivity contribution in [1.82, 2.24) is 10.6 Å². The van der Waals surface area contributed by atoms with Crippen LogP contribution in [-0.4, -0.2) is 23.7 Å². The Bertz CT molecular complexity index is 399. The van der Waals surface area contributed by atoms with Crippen LogP contribution in [0.1, 0.15) is 50.9 Å². The standard InChI is InChI=1S/C15H24N2O3/c1-11(12-6-3-2-4-7-12)17-15(19)16-10-13(18)14-8-5-9-20-14/h5,8-9,11-13,18H,2-4,6-7,10H2,1H3,(H2,16,17,19). The maximum absolute atomic E-state index is 11.8. The number of carbonyl (C=O) groups is 1. The number of hydrogen-bond acceptors (Lipinski definition) is 3. The van der Waals surface area contributed by atoms with Gasteiger partial charge in [0.2, 0.25) is 0 Å². The van der Waals surface area contributed by atoms with Crippen LogP contribution < -0.4 is 10.6 Å². The zero-order valence-electron chi connectivity index (χ0n) is 12.0. The zero-order chi connectivity index (χ0) is 14.4. The normalized spacial score (nSPS) is 19.3. The third-order valence-corrected chi connectivity index (χ3v) is 4.04. The van der Waals surface area contributed by atoms with Crippen molar-refractivity contribution < 1.29 is 14.3 Å². The Morgan fingerprint density at radius 1 is 1.45 bits per heavy atom. The van der Waals surface area contributed by atoms with Crippen LogP contribution in [0.3, 0.4) is 0 Å². The van der Waals surface area contributed by atoms with Gasteiger partial charge in [0.05, 0.1) is 12.8 Å². The van der Waals surface area contributed by atoms with E-state index in [4.69, 9.17) is 4.42 Å². The second-order valence-corrected chi connectivity index (χ2v) is 5.57. The number of carbonyl (C=O) groups excluding carboxylic acids is 1. The summed E-state index contributed by atoms with van der Waals surface area (Å²) < 4.78 is 5.08. The zero-order valence-corrected chi connectivity index (χ0v) is 12.0. The summed E-state index contributed by atoms with van der Waals surface area (Å²) in [6, 6.07) is 3.35. The summed E-state index contributed by atoms with van der Waals surface area (Å²) in [5.74, 6) is 1.04. The highest BCUT2D eigenvalue weighted by Crippen LogP contribution is 2.26. The van der Waals surface area contributed by atoms with Crippen molar-refractivity contribution in [2.75, 3.05) is 6.54 Å². The van der Waals surface area contributed by atoms with E-state index in [1.54, 1.807) is 12.1 Å². The lowest BCUT2D eigenvalue weighted by atomic mass is 9.85. The molecule has 1 aliphatic carbocycles. The molecule has 1 fully saturated rings. The van der Waals surface area contributed by atoms with Crippen molar-refractivity contribution in [3.63, 3.8) is 0 Å². The Labute approximate surface area is 119 Å². The highest BCUT2D eigenvalue weighted by molar-refractivity contribution is 5.74. The van der Waals surface area contributed by atoms with Crippen LogP contribution in [0.15, 0.2) is 22.8 Å². The molecule has 2 atom stereocenters. The van der Waals surface area contributed by atoms with E-state index in [0.29, 0.717) is 11.7 Å². The summed E-state index contributed by atoms with van der Waals surface area (Å²) in [4.78, 5) is 11.8. The molecule has 0 radical (unpaired) electrons. The van der Waals surface area contributed by atoms with E-state index in [9.17, 15) is 9.90 Å². The second kappa shape index (κ2) is 7.33. The van der Waals surface area contributed by atoms with Crippen LogP contribution >= 0.6 is 0 Å². The van der Waals surface area contributed by atoms with E-state index >= 15 is 0 Å². The van der Waals surface area contributed by atoms with Crippen molar-refractivity contribution in [3.8, 4) is 0 Å². The van der Waals surface area contributed by atoms with E-state index < -0.39 is 6.10 Å². The molecule has 1 aliphatic rings. The van der Waals surface area contributed by atoms with Gasteiger partial charge in [-0.25, -0.2) is 4.79 Å². The van der Waals surface area contributed by atoms with Gasteiger partial charge in [-0.3, -0.25) is 0 Å². The second-order valence-electron chi connectivity index (χ2n) is 5.57. The molecule has 20 heavy (non-hydrogen) atoms. The molecule has 0 spiro atoms. The molecule has 2 amide bonds. The summed E-state index contributed by atoms with van der Waals surface area (Å²) in [6.45, 7) is 2.20. The minimum absolute atomic E-state index is 0.150. The SMILES string of the molecule is CC(NC(=O)NCC(O)c1ccco1)C1CCCCC1. The molecule has 2 rings (SSSR count). The minimum atomic E-state index is -0.805. The summed E-state index contributed by atoms with van der Waals surface area (Å²) in [6.07, 6.45) is 6.91. The van der Waals surface area contributed by atoms with Crippen molar-refractivity contribution in [1.29, 1.82) is 0 Å². The molecular weight excluding hydrogens is 256 g/mol. The summed E-state index contributed by atoms with van der Waals surface area (Å²) in [5, 5.41) is 15.4. The number of hydrogen-bond donors (Lipinski definition) is 3. The van der Waals surface area contributed by atoms with Crippen molar-refractivity contribution in [2.24, 2.45) is 5.92 Å². The first-order valence-electron chi connectivity index (χ1n) is 7.42. The van der Waals surface area contributed by atoms with E-state index in [1.165, 1.54) is 38.4 Å². The van der Waals surface area contributed by atoms with Gasteiger partial charge in [-0.1, -0.05) is 19.3 Å². The lowest BCUT2D eigenvalue weighted by molar-refractivity contribution is 0.147. The highest BCUT2D eigenvalue weighted by atomic mass is 16.4. The van der Waals surface area contributed by atoms with Gasteiger partial charge in [-0.15, -0.1) is 0 Å². The van der Waals surface area contributed by atoms with Gasteiger partial charge in [0.15, 0.2) is 0 Å². The van der Waals surface area contributed by atoms with Crippen LogP contribution in [-0.2, 0) is 0 Å². The number of aliphatic hydroxyl groups excluding tert-OH is 1. The first-order valence-corrected chi connectivity index (χ1v) is 7.42. The molecule has 0 aromatic carbocycles. The van der Waals surface area contributed by atoms with Crippen LogP contribution in [0, 0.1) is 5.92 Å². The molecule has 5 nitrogen and oxygen atoms in total. The minimum Gasteiger partial charge on any atom is -0.467 e. The lowest BCUT2D eigenvalue weighted by Crippen LogP contribution is -2.45. The van der Waals surface area contributed by atoms with E-state index in [-0.39, 0.29) is 18.6 Å². The molecule has 112 valence electrons. The summed E-state index contributed by atoms with van der Waals surface area (Å²) >= 11 is 0. The fraction of sp³-hybridized carbons (Fsp3) is 0.667. The van der Waals surface area contributed by atoms with Gasteiger partial charge < -0.3 is 20.2 Å². The van der Waals surface area contributed by atoms with Crippen LogP contribution in [0.5, 0.6) is 0 Å². The Kier molecular flexibility index (Phi) is 5.47. The molecule has 3 N–H and O–H groups in total. The van der Waals surface area contributed by atoms with Gasteiger partial charge in [0.1, 0.15) is 11.9 Å². The summed E-state index contributed by atoms with van der Waals surface area (Å²) in [5.41, 5.74) is 0. The largest absolute Gasteiger partial charge is 0.467 e. The predicted octanol–water partition coefficient (Wildman–Crippen LogP) is 2.58. The molecule has 0 saturated heterocycles. The number of urea groups is 1. The van der Waals surface area contributed by atoms with Crippen molar-refractivity contribution >= 4 is 6.03 Å². The fourth-order valence-electron chi connectivity index (χ4n) is 2.78. The van der Waals surface area contributed by atoms with Gasteiger partial charge in [0.25, 0.3) is 0 Å². The lowest BCUT2D eigenvalue weighted by Gasteiger charge is -2.28. The van der Waals surface area contributed by atoms with Crippen molar-refractivity contribution in [3.05, 3.63) is 24.2 Å². The van der Waals surface area contributed by atoms with Crippen LogP contribution in [0.4, 0.5) is 4.79 Å². The monoisotopic (exact) mass is 280 g/mol. The molecule has 1 aromatic heterocycles. The average Bonchev–Trinajstić information content (AvgIpc) is 3.00. The highest BCUT2D eigenvalue weighted by Gasteiger charge is 2.21. The quantitative estimate of drug-likeness (QED) is 0.776. The van der Waals surface area contributed by atoms with E-state index in [1.807, 2.05) is 0 Å². The Morgan fingerprint density at radius 2 is 2.20 bits per heavy atom. The molecule has 1 aromatic rings. The first-order chi connectivity index (χ1) is 9.66. The Morgan fingerprint density at radius 3 is 2.85 bits per heavy atom.